The van der Waals surface area contributed by atoms with Crippen LogP contribution in [0.15, 0.2) is 34.9 Å². The molecule has 2 aromatic heterocycles. The van der Waals surface area contributed by atoms with Crippen LogP contribution >= 0.6 is 12.2 Å². The molecule has 1 N–H and O–H groups in total. The molecule has 0 atom stereocenters. The van der Waals surface area contributed by atoms with E-state index in [9.17, 15) is 0 Å². The fourth-order valence-electron chi connectivity index (χ4n) is 2.22. The Morgan fingerprint density at radius 2 is 2.11 bits per heavy atom. The van der Waals surface area contributed by atoms with Crippen LogP contribution in [-0.4, -0.2) is 9.97 Å². The number of hydrogen-bond donors (Lipinski definition) is 1. The van der Waals surface area contributed by atoms with Gasteiger partial charge in [-0.05, 0) is 19.4 Å². The molecule has 0 saturated carbocycles. The van der Waals surface area contributed by atoms with Gasteiger partial charge in [-0.1, -0.05) is 37.3 Å². The average Bonchev–Trinajstić information content (AvgIpc) is 2.85. The summed E-state index contributed by atoms with van der Waals surface area (Å²) in [6.45, 7) is 4.10. The zero-order valence-electron chi connectivity index (χ0n) is 10.9. The normalized spacial score (nSPS) is 11.1. The van der Waals surface area contributed by atoms with E-state index in [0.29, 0.717) is 4.64 Å². The first-order chi connectivity index (χ1) is 9.20. The van der Waals surface area contributed by atoms with Crippen molar-refractivity contribution >= 4 is 23.2 Å². The van der Waals surface area contributed by atoms with Crippen LogP contribution in [0.3, 0.4) is 0 Å². The Labute approximate surface area is 116 Å². The highest BCUT2D eigenvalue weighted by Gasteiger charge is 2.11. The first kappa shape index (κ1) is 12.1. The summed E-state index contributed by atoms with van der Waals surface area (Å²) >= 11 is 5.33. The van der Waals surface area contributed by atoms with Gasteiger partial charge in [-0.3, -0.25) is 0 Å². The van der Waals surface area contributed by atoms with Gasteiger partial charge < -0.3 is 9.40 Å². The van der Waals surface area contributed by atoms with Crippen molar-refractivity contribution in [3.63, 3.8) is 0 Å². The number of nitrogens with zero attached hydrogens (tertiary/aromatic N) is 1. The van der Waals surface area contributed by atoms with E-state index in [2.05, 4.69) is 16.9 Å². The van der Waals surface area contributed by atoms with Crippen LogP contribution in [0.25, 0.3) is 22.4 Å². The molecule has 0 amide bonds. The molecule has 1 aromatic carbocycles. The molecular formula is C15H14N2OS. The number of rotatable bonds is 2. The lowest BCUT2D eigenvalue weighted by molar-refractivity contribution is 0.616. The molecule has 0 bridgehead atoms. The van der Waals surface area contributed by atoms with E-state index in [1.165, 1.54) is 0 Å². The number of aromatic nitrogens is 2. The zero-order valence-corrected chi connectivity index (χ0v) is 11.7. The molecule has 0 aliphatic heterocycles. The second-order valence-electron chi connectivity index (χ2n) is 4.49. The highest BCUT2D eigenvalue weighted by molar-refractivity contribution is 7.71. The van der Waals surface area contributed by atoms with Gasteiger partial charge >= 0.3 is 0 Å². The summed E-state index contributed by atoms with van der Waals surface area (Å²) in [4.78, 5) is 7.83. The molecule has 3 nitrogen and oxygen atoms in total. The fraction of sp³-hybridized carbons (Fsp3) is 0.200. The predicted molar refractivity (Wildman–Crippen MR) is 78.7 cm³/mol. The fourth-order valence-corrected chi connectivity index (χ4v) is 2.44. The molecule has 0 radical (unpaired) electrons. The number of furan rings is 1. The van der Waals surface area contributed by atoms with Gasteiger partial charge in [0.2, 0.25) is 0 Å². The summed E-state index contributed by atoms with van der Waals surface area (Å²) in [6.07, 6.45) is 2.63. The Hall–Kier alpha value is -1.94. The number of benzene rings is 1. The van der Waals surface area contributed by atoms with E-state index >= 15 is 0 Å². The number of H-pyrrole nitrogens is 1. The van der Waals surface area contributed by atoms with E-state index < -0.39 is 0 Å². The lowest BCUT2D eigenvalue weighted by atomic mass is 10.1. The van der Waals surface area contributed by atoms with Gasteiger partial charge in [-0.25, -0.2) is 4.98 Å². The molecule has 0 spiro atoms. The minimum absolute atomic E-state index is 0.649. The van der Waals surface area contributed by atoms with Crippen molar-refractivity contribution in [2.75, 3.05) is 0 Å². The third-order valence-corrected chi connectivity index (χ3v) is 3.74. The molecule has 2 heterocycles. The number of hydrogen-bond acceptors (Lipinski definition) is 3. The topological polar surface area (TPSA) is 41.8 Å². The molecule has 0 fully saturated rings. The molecule has 3 aromatic rings. The molecule has 3 rings (SSSR count). The number of aryl methyl sites for hydroxylation is 1. The van der Waals surface area contributed by atoms with E-state index in [1.807, 2.05) is 31.2 Å². The largest absolute Gasteiger partial charge is 0.464 e. The van der Waals surface area contributed by atoms with Crippen molar-refractivity contribution in [3.05, 3.63) is 46.4 Å². The van der Waals surface area contributed by atoms with E-state index in [1.54, 1.807) is 6.26 Å². The first-order valence-corrected chi connectivity index (χ1v) is 6.68. The van der Waals surface area contributed by atoms with Gasteiger partial charge in [0.05, 0.1) is 5.56 Å². The van der Waals surface area contributed by atoms with E-state index in [0.717, 1.165) is 40.0 Å². The highest BCUT2D eigenvalue weighted by Crippen LogP contribution is 2.28. The summed E-state index contributed by atoms with van der Waals surface area (Å²) < 4.78 is 6.20. The van der Waals surface area contributed by atoms with Crippen molar-refractivity contribution in [2.45, 2.75) is 20.3 Å². The lowest BCUT2D eigenvalue weighted by Gasteiger charge is -2.06. The number of fused-ring (bicyclic) bond motifs is 1. The average molecular weight is 270 g/mol. The van der Waals surface area contributed by atoms with E-state index in [4.69, 9.17) is 16.6 Å². The van der Waals surface area contributed by atoms with Gasteiger partial charge in [0.1, 0.15) is 22.3 Å². The Bertz CT molecular complexity index is 801. The molecule has 4 heteroatoms. The number of para-hydroxylation sites is 1. The molecule has 0 aliphatic carbocycles. The summed E-state index contributed by atoms with van der Waals surface area (Å²) in [5, 5.41) is 1.05. The quantitative estimate of drug-likeness (QED) is 0.701. The number of aromatic amines is 1. The zero-order chi connectivity index (χ0) is 13.4. The van der Waals surface area contributed by atoms with Crippen LogP contribution in [-0.2, 0) is 6.42 Å². The number of nitrogens with one attached hydrogen (secondary N) is 1. The van der Waals surface area contributed by atoms with Crippen LogP contribution < -0.4 is 0 Å². The van der Waals surface area contributed by atoms with Crippen molar-refractivity contribution in [1.82, 2.24) is 9.97 Å². The maximum absolute atomic E-state index is 5.55. The second kappa shape index (κ2) is 4.63. The summed E-state index contributed by atoms with van der Waals surface area (Å²) in [5.41, 5.74) is 3.99. The highest BCUT2D eigenvalue weighted by atomic mass is 32.1. The van der Waals surface area contributed by atoms with Gasteiger partial charge in [0.15, 0.2) is 0 Å². The second-order valence-corrected chi connectivity index (χ2v) is 4.88. The smallest absolute Gasteiger partial charge is 0.143 e. The van der Waals surface area contributed by atoms with Gasteiger partial charge in [-0.15, -0.1) is 0 Å². The Morgan fingerprint density at radius 3 is 2.89 bits per heavy atom. The van der Waals surface area contributed by atoms with Crippen molar-refractivity contribution in [2.24, 2.45) is 0 Å². The standard InChI is InChI=1S/C15H14N2OS/c1-3-12-9(2)15(19)17-14(16-12)11-8-18-13-7-5-4-6-10(11)13/h4-8H,3H2,1-2H3,(H,16,17,19). The van der Waals surface area contributed by atoms with Gasteiger partial charge in [0.25, 0.3) is 0 Å². The lowest BCUT2D eigenvalue weighted by Crippen LogP contribution is -1.99. The van der Waals surface area contributed by atoms with Crippen LogP contribution in [0, 0.1) is 11.6 Å². The minimum atomic E-state index is 0.649. The van der Waals surface area contributed by atoms with E-state index in [-0.39, 0.29) is 0 Å². The third-order valence-electron chi connectivity index (χ3n) is 3.35. The monoisotopic (exact) mass is 270 g/mol. The van der Waals surface area contributed by atoms with Crippen molar-refractivity contribution in [3.8, 4) is 11.4 Å². The molecule has 19 heavy (non-hydrogen) atoms. The molecular weight excluding hydrogens is 256 g/mol. The Kier molecular flexibility index (Phi) is 2.95. The molecule has 0 aliphatic rings. The predicted octanol–water partition coefficient (Wildman–Crippen LogP) is 4.42. The maximum Gasteiger partial charge on any atom is 0.143 e. The first-order valence-electron chi connectivity index (χ1n) is 6.27. The van der Waals surface area contributed by atoms with Crippen LogP contribution in [0.1, 0.15) is 18.2 Å². The summed E-state index contributed by atoms with van der Waals surface area (Å²) in [5.74, 6) is 0.775. The van der Waals surface area contributed by atoms with Crippen molar-refractivity contribution < 1.29 is 4.42 Å². The molecule has 0 unspecified atom stereocenters. The molecule has 96 valence electrons. The van der Waals surface area contributed by atoms with Crippen LogP contribution in [0.4, 0.5) is 0 Å². The van der Waals surface area contributed by atoms with Crippen LogP contribution in [0.2, 0.25) is 0 Å². The van der Waals surface area contributed by atoms with Crippen molar-refractivity contribution in [1.29, 1.82) is 0 Å². The minimum Gasteiger partial charge on any atom is -0.464 e. The Balaban J connectivity index is 2.27. The summed E-state index contributed by atoms with van der Waals surface area (Å²) in [6, 6.07) is 7.92. The SMILES string of the molecule is CCc1[nH]c(-c2coc3ccccc23)nc(=S)c1C. The van der Waals surface area contributed by atoms with Gasteiger partial charge in [-0.2, -0.15) is 0 Å². The Morgan fingerprint density at radius 1 is 1.32 bits per heavy atom. The molecule has 0 saturated heterocycles. The maximum atomic E-state index is 5.55. The van der Waals surface area contributed by atoms with Crippen LogP contribution in [0.5, 0.6) is 0 Å². The van der Waals surface area contributed by atoms with Gasteiger partial charge in [0, 0.05) is 16.6 Å². The summed E-state index contributed by atoms with van der Waals surface area (Å²) in [7, 11) is 0. The third kappa shape index (κ3) is 1.98.